The molecule has 0 fully saturated rings. The van der Waals surface area contributed by atoms with Crippen LogP contribution < -0.4 is 21.8 Å². The lowest BCUT2D eigenvalue weighted by Crippen LogP contribution is -2.17. The zero-order chi connectivity index (χ0) is 21.8. The van der Waals surface area contributed by atoms with E-state index in [1.807, 2.05) is 50.2 Å². The Labute approximate surface area is 173 Å². The van der Waals surface area contributed by atoms with Gasteiger partial charge in [0.2, 0.25) is 0 Å². The van der Waals surface area contributed by atoms with Gasteiger partial charge in [-0.25, -0.2) is 4.98 Å². The molecule has 6 N–H and O–H groups in total. The molecule has 0 radical (unpaired) electrons. The van der Waals surface area contributed by atoms with E-state index < -0.39 is 11.5 Å². The maximum Gasteiger partial charge on any atom is 0.303 e. The SMILES string of the molecule is CCOc1cc(-c2cccc(C(C)CC(=O)O)c2)ccc1-c1nc(N)c(N)c(=O)[nH]1. The summed E-state index contributed by atoms with van der Waals surface area (Å²) in [6.07, 6.45) is 0.0597. The Hall–Kier alpha value is -3.81. The predicted molar refractivity (Wildman–Crippen MR) is 116 cm³/mol. The van der Waals surface area contributed by atoms with E-state index in [1.165, 1.54) is 0 Å². The van der Waals surface area contributed by atoms with Crippen molar-refractivity contribution in [2.24, 2.45) is 0 Å². The first-order valence-electron chi connectivity index (χ1n) is 9.54. The molecule has 30 heavy (non-hydrogen) atoms. The van der Waals surface area contributed by atoms with E-state index in [9.17, 15) is 9.59 Å². The van der Waals surface area contributed by atoms with Gasteiger partial charge in [0.25, 0.3) is 5.56 Å². The van der Waals surface area contributed by atoms with Crippen molar-refractivity contribution in [2.45, 2.75) is 26.2 Å². The molecule has 0 saturated heterocycles. The summed E-state index contributed by atoms with van der Waals surface area (Å²) in [5.41, 5.74) is 14.0. The fourth-order valence-corrected chi connectivity index (χ4v) is 3.20. The molecule has 1 heterocycles. The highest BCUT2D eigenvalue weighted by Gasteiger charge is 2.15. The van der Waals surface area contributed by atoms with Crippen LogP contribution in [0, 0.1) is 0 Å². The zero-order valence-electron chi connectivity index (χ0n) is 16.8. The van der Waals surface area contributed by atoms with Crippen LogP contribution in [0.15, 0.2) is 47.3 Å². The number of carboxylic acids is 1. The largest absolute Gasteiger partial charge is 0.493 e. The summed E-state index contributed by atoms with van der Waals surface area (Å²) in [7, 11) is 0. The molecule has 8 heteroatoms. The van der Waals surface area contributed by atoms with E-state index in [1.54, 1.807) is 6.07 Å². The number of anilines is 2. The second-order valence-electron chi connectivity index (χ2n) is 6.98. The molecule has 1 atom stereocenters. The molecule has 0 aliphatic heterocycles. The van der Waals surface area contributed by atoms with Crippen LogP contribution >= 0.6 is 0 Å². The van der Waals surface area contributed by atoms with Crippen molar-refractivity contribution < 1.29 is 14.6 Å². The summed E-state index contributed by atoms with van der Waals surface area (Å²) >= 11 is 0. The number of aromatic nitrogens is 2. The van der Waals surface area contributed by atoms with Gasteiger partial charge < -0.3 is 26.3 Å². The number of rotatable bonds is 7. The van der Waals surface area contributed by atoms with E-state index in [0.29, 0.717) is 17.9 Å². The summed E-state index contributed by atoms with van der Waals surface area (Å²) in [5.74, 6) is -0.183. The number of benzene rings is 2. The second kappa shape index (κ2) is 8.69. The van der Waals surface area contributed by atoms with Crippen LogP contribution in [-0.2, 0) is 4.79 Å². The smallest absolute Gasteiger partial charge is 0.303 e. The number of H-pyrrole nitrogens is 1. The van der Waals surface area contributed by atoms with Gasteiger partial charge >= 0.3 is 5.97 Å². The molecular formula is C22H24N4O4. The fourth-order valence-electron chi connectivity index (χ4n) is 3.20. The van der Waals surface area contributed by atoms with Gasteiger partial charge in [-0.15, -0.1) is 0 Å². The third-order valence-electron chi connectivity index (χ3n) is 4.79. The number of hydrogen-bond acceptors (Lipinski definition) is 6. The molecule has 0 aliphatic rings. The summed E-state index contributed by atoms with van der Waals surface area (Å²) in [6, 6.07) is 13.3. The monoisotopic (exact) mass is 408 g/mol. The summed E-state index contributed by atoms with van der Waals surface area (Å²) in [4.78, 5) is 29.8. The molecular weight excluding hydrogens is 384 g/mol. The molecule has 8 nitrogen and oxygen atoms in total. The van der Waals surface area contributed by atoms with Crippen LogP contribution in [0.4, 0.5) is 11.5 Å². The summed E-state index contributed by atoms with van der Waals surface area (Å²) in [5, 5.41) is 9.06. The number of nitrogens with two attached hydrogens (primary N) is 2. The summed E-state index contributed by atoms with van der Waals surface area (Å²) in [6.45, 7) is 4.16. The zero-order valence-corrected chi connectivity index (χ0v) is 16.8. The Balaban J connectivity index is 2.04. The third kappa shape index (κ3) is 4.43. The predicted octanol–water partition coefficient (Wildman–Crippen LogP) is 3.25. The Morgan fingerprint density at radius 1 is 1.20 bits per heavy atom. The standard InChI is InChI=1S/C22H24N4O4/c1-3-30-17-11-15(14-6-4-5-13(10-14)12(2)9-18(27)28)7-8-16(17)21-25-20(24)19(23)22(29)26-21/h4-8,10-12H,3,9,23H2,1-2H3,(H,27,28)(H3,24,25,26,29). The molecule has 3 rings (SSSR count). The van der Waals surface area contributed by atoms with Crippen LogP contribution in [0.3, 0.4) is 0 Å². The van der Waals surface area contributed by atoms with Crippen molar-refractivity contribution in [3.05, 3.63) is 58.4 Å². The van der Waals surface area contributed by atoms with Gasteiger partial charge in [-0.05, 0) is 41.7 Å². The quantitative estimate of drug-likeness (QED) is 0.469. The number of carbonyl (C=O) groups is 1. The van der Waals surface area contributed by atoms with Crippen molar-refractivity contribution >= 4 is 17.5 Å². The Bertz CT molecular complexity index is 1140. The van der Waals surface area contributed by atoms with Crippen LogP contribution in [0.25, 0.3) is 22.5 Å². The molecule has 0 amide bonds. The Morgan fingerprint density at radius 3 is 2.60 bits per heavy atom. The number of aliphatic carboxylic acids is 1. The average Bonchev–Trinajstić information content (AvgIpc) is 2.71. The third-order valence-corrected chi connectivity index (χ3v) is 4.79. The molecule has 1 aromatic heterocycles. The van der Waals surface area contributed by atoms with E-state index >= 15 is 0 Å². The van der Waals surface area contributed by atoms with E-state index in [4.69, 9.17) is 21.3 Å². The van der Waals surface area contributed by atoms with Crippen molar-refractivity contribution in [2.75, 3.05) is 18.1 Å². The van der Waals surface area contributed by atoms with Crippen molar-refractivity contribution in [1.82, 2.24) is 9.97 Å². The number of nitrogens with zero attached hydrogens (tertiary/aromatic N) is 1. The Kier molecular flexibility index (Phi) is 6.06. The molecule has 0 spiro atoms. The average molecular weight is 408 g/mol. The second-order valence-corrected chi connectivity index (χ2v) is 6.98. The van der Waals surface area contributed by atoms with Crippen molar-refractivity contribution in [3.8, 4) is 28.3 Å². The molecule has 156 valence electrons. The molecule has 1 unspecified atom stereocenters. The van der Waals surface area contributed by atoms with Crippen LogP contribution in [0.5, 0.6) is 5.75 Å². The number of hydrogen-bond donors (Lipinski definition) is 4. The number of ether oxygens (including phenoxy) is 1. The van der Waals surface area contributed by atoms with Crippen molar-refractivity contribution in [3.63, 3.8) is 0 Å². The maximum atomic E-state index is 12.0. The van der Waals surface area contributed by atoms with Gasteiger partial charge in [0.1, 0.15) is 17.3 Å². The first-order valence-corrected chi connectivity index (χ1v) is 9.54. The van der Waals surface area contributed by atoms with Gasteiger partial charge in [-0.2, -0.15) is 0 Å². The highest BCUT2D eigenvalue weighted by molar-refractivity contribution is 5.75. The molecule has 3 aromatic rings. The maximum absolute atomic E-state index is 12.0. The topological polar surface area (TPSA) is 144 Å². The molecule has 2 aromatic carbocycles. The molecule has 0 bridgehead atoms. The van der Waals surface area contributed by atoms with Gasteiger partial charge in [-0.1, -0.05) is 37.3 Å². The van der Waals surface area contributed by atoms with E-state index in [0.717, 1.165) is 16.7 Å². The molecule has 0 aliphatic carbocycles. The highest BCUT2D eigenvalue weighted by atomic mass is 16.5. The van der Waals surface area contributed by atoms with Crippen LogP contribution in [0.1, 0.15) is 31.7 Å². The minimum Gasteiger partial charge on any atom is -0.493 e. The first-order chi connectivity index (χ1) is 14.3. The lowest BCUT2D eigenvalue weighted by atomic mass is 9.93. The minimum atomic E-state index is -0.833. The first kappa shape index (κ1) is 20.9. The number of carboxylic acid groups (broad SMARTS) is 1. The summed E-state index contributed by atoms with van der Waals surface area (Å²) < 4.78 is 5.78. The Morgan fingerprint density at radius 2 is 1.93 bits per heavy atom. The van der Waals surface area contributed by atoms with Crippen LogP contribution in [-0.4, -0.2) is 27.7 Å². The highest BCUT2D eigenvalue weighted by Crippen LogP contribution is 2.34. The molecule has 0 saturated carbocycles. The van der Waals surface area contributed by atoms with Crippen molar-refractivity contribution in [1.29, 1.82) is 0 Å². The van der Waals surface area contributed by atoms with Crippen LogP contribution in [0.2, 0.25) is 0 Å². The van der Waals surface area contributed by atoms with E-state index in [2.05, 4.69) is 9.97 Å². The lowest BCUT2D eigenvalue weighted by molar-refractivity contribution is -0.137. The van der Waals surface area contributed by atoms with Gasteiger partial charge in [-0.3, -0.25) is 9.59 Å². The lowest BCUT2D eigenvalue weighted by Gasteiger charge is -2.14. The number of nitrogens with one attached hydrogen (secondary N) is 1. The number of aromatic amines is 1. The van der Waals surface area contributed by atoms with Gasteiger partial charge in [0.05, 0.1) is 18.6 Å². The number of nitrogen functional groups attached to an aromatic ring is 2. The minimum absolute atomic E-state index is 0.0413. The normalized spacial score (nSPS) is 11.8. The van der Waals surface area contributed by atoms with Gasteiger partial charge in [0, 0.05) is 0 Å². The fraction of sp³-hybridized carbons (Fsp3) is 0.227. The van der Waals surface area contributed by atoms with E-state index in [-0.39, 0.29) is 29.7 Å². The van der Waals surface area contributed by atoms with Gasteiger partial charge in [0.15, 0.2) is 5.82 Å².